The van der Waals surface area contributed by atoms with Crippen LogP contribution in [0.5, 0.6) is 0 Å². The number of benzene rings is 2. The Labute approximate surface area is 165 Å². The van der Waals surface area contributed by atoms with Crippen LogP contribution in [0.15, 0.2) is 41.3 Å². The summed E-state index contributed by atoms with van der Waals surface area (Å²) in [4.78, 5) is -0.376. The van der Waals surface area contributed by atoms with Gasteiger partial charge in [0.05, 0.1) is 16.1 Å². The summed E-state index contributed by atoms with van der Waals surface area (Å²) in [5.41, 5.74) is -0.527. The van der Waals surface area contributed by atoms with Crippen molar-refractivity contribution in [1.82, 2.24) is 14.8 Å². The number of sulfonamides is 1. The minimum absolute atomic E-state index is 0.0657. The van der Waals surface area contributed by atoms with Crippen molar-refractivity contribution in [2.45, 2.75) is 37.1 Å². The Bertz CT molecular complexity index is 1180. The number of aromatic nitrogens is 3. The Morgan fingerprint density at radius 2 is 1.79 bits per heavy atom. The molecule has 1 aliphatic heterocycles. The van der Waals surface area contributed by atoms with Crippen LogP contribution in [0.25, 0.3) is 11.4 Å². The van der Waals surface area contributed by atoms with Crippen LogP contribution in [0.4, 0.5) is 18.9 Å². The lowest BCUT2D eigenvalue weighted by atomic mass is 10.1. The quantitative estimate of drug-likeness (QED) is 0.692. The number of nitrogens with zero attached hydrogens (tertiary/aromatic N) is 3. The molecule has 10 heteroatoms. The molecule has 0 aliphatic carbocycles. The highest BCUT2D eigenvalue weighted by Crippen LogP contribution is 2.30. The molecule has 2 heterocycles. The lowest BCUT2D eigenvalue weighted by molar-refractivity contribution is 0.581. The predicted molar refractivity (Wildman–Crippen MR) is 100 cm³/mol. The number of anilines is 1. The minimum atomic E-state index is -4.28. The van der Waals surface area contributed by atoms with Crippen LogP contribution in [0.1, 0.15) is 25.1 Å². The molecule has 1 N–H and O–H groups in total. The number of aryl methyl sites for hydroxylation is 1. The molecule has 0 spiro atoms. The highest BCUT2D eigenvalue weighted by Gasteiger charge is 2.23. The molecule has 0 atom stereocenters. The van der Waals surface area contributed by atoms with E-state index < -0.39 is 33.2 Å². The molecule has 0 radical (unpaired) electrons. The van der Waals surface area contributed by atoms with Gasteiger partial charge in [0.15, 0.2) is 5.82 Å². The zero-order valence-electron chi connectivity index (χ0n) is 15.2. The molecule has 0 unspecified atom stereocenters. The van der Waals surface area contributed by atoms with Crippen molar-refractivity contribution in [3.05, 3.63) is 59.7 Å². The highest BCUT2D eigenvalue weighted by molar-refractivity contribution is 7.92. The minimum Gasteiger partial charge on any atom is -0.311 e. The predicted octanol–water partition coefficient (Wildman–Crippen LogP) is 3.89. The molecule has 1 aliphatic rings. The lowest BCUT2D eigenvalue weighted by Crippen LogP contribution is -2.15. The Kier molecular flexibility index (Phi) is 5.03. The molecule has 2 aromatic carbocycles. The van der Waals surface area contributed by atoms with Gasteiger partial charge in [-0.05, 0) is 37.1 Å². The molecule has 6 nitrogen and oxygen atoms in total. The van der Waals surface area contributed by atoms with Crippen LogP contribution in [-0.2, 0) is 23.0 Å². The van der Waals surface area contributed by atoms with Gasteiger partial charge in [-0.3, -0.25) is 4.72 Å². The smallest absolute Gasteiger partial charge is 0.262 e. The summed E-state index contributed by atoms with van der Waals surface area (Å²) < 4.78 is 71.0. The van der Waals surface area contributed by atoms with Crippen molar-refractivity contribution < 1.29 is 21.6 Å². The first-order chi connectivity index (χ1) is 13.8. The van der Waals surface area contributed by atoms with E-state index in [0.29, 0.717) is 24.9 Å². The second-order valence-electron chi connectivity index (χ2n) is 6.78. The van der Waals surface area contributed by atoms with Crippen molar-refractivity contribution in [2.75, 3.05) is 4.72 Å². The third-order valence-electron chi connectivity index (χ3n) is 4.76. The Balaban J connectivity index is 1.75. The topological polar surface area (TPSA) is 76.9 Å². The zero-order valence-corrected chi connectivity index (χ0v) is 16.0. The van der Waals surface area contributed by atoms with Crippen molar-refractivity contribution in [3.8, 4) is 11.4 Å². The monoisotopic (exact) mass is 422 g/mol. The van der Waals surface area contributed by atoms with Gasteiger partial charge in [-0.2, -0.15) is 0 Å². The van der Waals surface area contributed by atoms with E-state index in [0.717, 1.165) is 37.5 Å². The first kappa shape index (κ1) is 19.4. The van der Waals surface area contributed by atoms with E-state index in [-0.39, 0.29) is 16.3 Å². The van der Waals surface area contributed by atoms with Gasteiger partial charge in [0.2, 0.25) is 0 Å². The van der Waals surface area contributed by atoms with Gasteiger partial charge < -0.3 is 4.57 Å². The van der Waals surface area contributed by atoms with E-state index in [1.54, 1.807) is 4.57 Å². The summed E-state index contributed by atoms with van der Waals surface area (Å²) in [6, 6.07) is 5.93. The van der Waals surface area contributed by atoms with Gasteiger partial charge >= 0.3 is 0 Å². The Hall–Kier alpha value is -2.88. The van der Waals surface area contributed by atoms with E-state index in [1.807, 2.05) is 0 Å². The van der Waals surface area contributed by atoms with Crippen LogP contribution in [0, 0.1) is 17.5 Å². The van der Waals surface area contributed by atoms with E-state index in [4.69, 9.17) is 0 Å². The second kappa shape index (κ2) is 7.51. The average molecular weight is 422 g/mol. The average Bonchev–Trinajstić information content (AvgIpc) is 2.91. The maximum atomic E-state index is 14.5. The van der Waals surface area contributed by atoms with Crippen LogP contribution >= 0.6 is 0 Å². The first-order valence-corrected chi connectivity index (χ1v) is 10.5. The normalized spacial score (nSPS) is 14.3. The van der Waals surface area contributed by atoms with Crippen LogP contribution in [0.2, 0.25) is 0 Å². The molecule has 1 aromatic heterocycles. The number of fused-ring (bicyclic) bond motifs is 1. The number of hydrogen-bond acceptors (Lipinski definition) is 4. The number of hydrogen-bond donors (Lipinski definition) is 1. The molecular formula is C19H17F3N4O2S. The molecule has 0 fully saturated rings. The molecule has 3 aromatic rings. The molecule has 0 amide bonds. The summed E-state index contributed by atoms with van der Waals surface area (Å²) >= 11 is 0. The highest BCUT2D eigenvalue weighted by atomic mass is 32.2. The van der Waals surface area contributed by atoms with Crippen LogP contribution in [-0.4, -0.2) is 23.2 Å². The van der Waals surface area contributed by atoms with Crippen molar-refractivity contribution in [3.63, 3.8) is 0 Å². The van der Waals surface area contributed by atoms with Crippen LogP contribution in [0.3, 0.4) is 0 Å². The summed E-state index contributed by atoms with van der Waals surface area (Å²) in [5, 5.41) is 8.12. The third-order valence-corrected chi connectivity index (χ3v) is 6.12. The van der Waals surface area contributed by atoms with Gasteiger partial charge in [0.1, 0.15) is 23.3 Å². The van der Waals surface area contributed by atoms with Gasteiger partial charge in [-0.25, -0.2) is 21.6 Å². The molecular weight excluding hydrogens is 405 g/mol. The van der Waals surface area contributed by atoms with E-state index >= 15 is 0 Å². The summed E-state index contributed by atoms with van der Waals surface area (Å²) in [6.45, 7) is 0.596. The molecule has 0 saturated heterocycles. The van der Waals surface area contributed by atoms with Crippen molar-refractivity contribution in [2.24, 2.45) is 0 Å². The van der Waals surface area contributed by atoms with Gasteiger partial charge in [-0.1, -0.05) is 12.5 Å². The van der Waals surface area contributed by atoms with E-state index in [2.05, 4.69) is 14.9 Å². The number of nitrogens with one attached hydrogen (secondary N) is 1. The first-order valence-electron chi connectivity index (χ1n) is 9.05. The van der Waals surface area contributed by atoms with Crippen molar-refractivity contribution in [1.29, 1.82) is 0 Å². The Morgan fingerprint density at radius 1 is 0.966 bits per heavy atom. The largest absolute Gasteiger partial charge is 0.311 e. The molecule has 0 saturated carbocycles. The fourth-order valence-corrected chi connectivity index (χ4v) is 4.41. The molecule has 4 rings (SSSR count). The molecule has 0 bridgehead atoms. The molecule has 152 valence electrons. The van der Waals surface area contributed by atoms with Gasteiger partial charge in [0, 0.05) is 19.0 Å². The number of rotatable bonds is 4. The fraction of sp³-hybridized carbons (Fsp3) is 0.263. The van der Waals surface area contributed by atoms with Gasteiger partial charge in [0.25, 0.3) is 10.0 Å². The fourth-order valence-electron chi connectivity index (χ4n) is 3.32. The van der Waals surface area contributed by atoms with E-state index in [9.17, 15) is 21.6 Å². The maximum absolute atomic E-state index is 14.5. The SMILES string of the molecule is O=S(=O)(Nc1cc(-c2nnc3n2CCCCC3)c(F)cc1F)c1cccc(F)c1. The summed E-state index contributed by atoms with van der Waals surface area (Å²) in [7, 11) is -4.28. The maximum Gasteiger partial charge on any atom is 0.262 e. The van der Waals surface area contributed by atoms with Gasteiger partial charge in [-0.15, -0.1) is 10.2 Å². The van der Waals surface area contributed by atoms with E-state index in [1.165, 1.54) is 12.1 Å². The summed E-state index contributed by atoms with van der Waals surface area (Å²) in [6.07, 6.45) is 3.53. The zero-order chi connectivity index (χ0) is 20.6. The number of halogens is 3. The standard InChI is InChI=1S/C19H17F3N4O2S/c20-12-5-4-6-13(9-12)29(27,28)25-17-10-14(15(21)11-16(17)22)19-24-23-18-7-2-1-3-8-26(18)19/h4-6,9-11,25H,1-3,7-8H2. The lowest BCUT2D eigenvalue weighted by Gasteiger charge is -2.12. The third kappa shape index (κ3) is 3.84. The van der Waals surface area contributed by atoms with Crippen LogP contribution < -0.4 is 4.72 Å². The second-order valence-corrected chi connectivity index (χ2v) is 8.46. The van der Waals surface area contributed by atoms with Crippen molar-refractivity contribution >= 4 is 15.7 Å². The summed E-state index contributed by atoms with van der Waals surface area (Å²) in [5.74, 6) is -1.80. The molecule has 29 heavy (non-hydrogen) atoms. The Morgan fingerprint density at radius 3 is 2.59 bits per heavy atom.